The summed E-state index contributed by atoms with van der Waals surface area (Å²) >= 11 is 0. The highest BCUT2D eigenvalue weighted by atomic mass is 28.4. The fourth-order valence-electron chi connectivity index (χ4n) is 1.25. The number of amides is 1. The van der Waals surface area contributed by atoms with Crippen molar-refractivity contribution in [2.45, 2.75) is 52.9 Å². The van der Waals surface area contributed by atoms with Crippen LogP contribution in [0.5, 0.6) is 0 Å². The molecule has 2 atom stereocenters. The molecule has 0 aromatic rings. The number of carbonyl (C=O) groups is 2. The summed E-state index contributed by atoms with van der Waals surface area (Å²) < 4.78 is 5.41. The van der Waals surface area contributed by atoms with Crippen LogP contribution in [-0.4, -0.2) is 26.2 Å². The Bertz CT molecular complexity index is 260. The van der Waals surface area contributed by atoms with Gasteiger partial charge in [0.15, 0.2) is 0 Å². The SMILES string of the molecule is CCC(C)[C@@H](NC(C)=O)C(=O)O[Si](C)(C)C. The van der Waals surface area contributed by atoms with Gasteiger partial charge in [-0.05, 0) is 25.6 Å². The minimum absolute atomic E-state index is 0.0905. The average molecular weight is 245 g/mol. The van der Waals surface area contributed by atoms with Crippen LogP contribution in [0, 0.1) is 5.92 Å². The largest absolute Gasteiger partial charge is 0.518 e. The maximum Gasteiger partial charge on any atom is 0.315 e. The maximum atomic E-state index is 11.9. The molecule has 94 valence electrons. The standard InChI is InChI=1S/C11H23NO3Si/c1-7-8(2)10(12-9(3)13)11(14)15-16(4,5)6/h8,10H,7H2,1-6H3,(H,12,13)/t8?,10-/m1/s1. The molecule has 1 amide bonds. The highest BCUT2D eigenvalue weighted by Crippen LogP contribution is 2.13. The molecule has 1 N–H and O–H groups in total. The molecule has 0 spiro atoms. The van der Waals surface area contributed by atoms with E-state index < -0.39 is 14.4 Å². The van der Waals surface area contributed by atoms with Gasteiger partial charge in [-0.1, -0.05) is 20.3 Å². The van der Waals surface area contributed by atoms with Gasteiger partial charge >= 0.3 is 5.97 Å². The summed E-state index contributed by atoms with van der Waals surface area (Å²) in [5, 5.41) is 2.66. The van der Waals surface area contributed by atoms with Crippen LogP contribution >= 0.6 is 0 Å². The minimum atomic E-state index is -1.89. The summed E-state index contributed by atoms with van der Waals surface area (Å²) in [4.78, 5) is 22.9. The van der Waals surface area contributed by atoms with Gasteiger partial charge in [-0.25, -0.2) is 0 Å². The number of hydrogen-bond acceptors (Lipinski definition) is 3. The molecule has 0 aromatic heterocycles. The molecule has 0 saturated heterocycles. The third kappa shape index (κ3) is 5.90. The molecular formula is C11H23NO3Si. The highest BCUT2D eigenvalue weighted by molar-refractivity contribution is 6.71. The molecule has 5 heteroatoms. The second kappa shape index (κ2) is 6.03. The molecule has 0 heterocycles. The Morgan fingerprint density at radius 2 is 1.81 bits per heavy atom. The summed E-state index contributed by atoms with van der Waals surface area (Å²) in [7, 11) is -1.89. The Morgan fingerprint density at radius 3 is 2.12 bits per heavy atom. The summed E-state index contributed by atoms with van der Waals surface area (Å²) in [6.07, 6.45) is 0.825. The molecule has 0 rings (SSSR count). The van der Waals surface area contributed by atoms with Crippen molar-refractivity contribution in [1.82, 2.24) is 5.32 Å². The lowest BCUT2D eigenvalue weighted by atomic mass is 9.99. The first-order valence-corrected chi connectivity index (χ1v) is 9.08. The van der Waals surface area contributed by atoms with Crippen molar-refractivity contribution in [2.75, 3.05) is 0 Å². The number of nitrogens with one attached hydrogen (secondary N) is 1. The first-order valence-electron chi connectivity index (χ1n) is 5.67. The van der Waals surface area contributed by atoms with Gasteiger partial charge in [0.2, 0.25) is 14.2 Å². The van der Waals surface area contributed by atoms with Crippen molar-refractivity contribution >= 4 is 20.2 Å². The molecule has 0 aliphatic carbocycles. The van der Waals surface area contributed by atoms with Gasteiger partial charge in [0.05, 0.1) is 0 Å². The van der Waals surface area contributed by atoms with Gasteiger partial charge in [-0.3, -0.25) is 9.59 Å². The molecule has 0 aliphatic heterocycles. The van der Waals surface area contributed by atoms with Gasteiger partial charge in [0.1, 0.15) is 6.04 Å². The van der Waals surface area contributed by atoms with Gasteiger partial charge < -0.3 is 9.74 Å². The number of rotatable bonds is 5. The fraction of sp³-hybridized carbons (Fsp3) is 0.818. The monoisotopic (exact) mass is 245 g/mol. The van der Waals surface area contributed by atoms with Crippen molar-refractivity contribution in [3.63, 3.8) is 0 Å². The van der Waals surface area contributed by atoms with Crippen molar-refractivity contribution in [3.05, 3.63) is 0 Å². The lowest BCUT2D eigenvalue weighted by Gasteiger charge is -2.26. The van der Waals surface area contributed by atoms with Crippen LogP contribution in [0.1, 0.15) is 27.2 Å². The zero-order chi connectivity index (χ0) is 12.9. The van der Waals surface area contributed by atoms with E-state index in [2.05, 4.69) is 5.32 Å². The summed E-state index contributed by atoms with van der Waals surface area (Å²) in [6, 6.07) is -0.519. The Labute approximate surface area is 98.9 Å². The van der Waals surface area contributed by atoms with Crippen molar-refractivity contribution in [1.29, 1.82) is 0 Å². The molecule has 0 fully saturated rings. The summed E-state index contributed by atoms with van der Waals surface area (Å²) in [5.74, 6) is -0.408. The van der Waals surface area contributed by atoms with Crippen molar-refractivity contribution in [3.8, 4) is 0 Å². The second-order valence-electron chi connectivity index (χ2n) is 5.10. The minimum Gasteiger partial charge on any atom is -0.518 e. The van der Waals surface area contributed by atoms with Crippen LogP contribution in [-0.2, 0) is 14.0 Å². The average Bonchev–Trinajstić information content (AvgIpc) is 2.09. The van der Waals surface area contributed by atoms with Gasteiger partial charge in [-0.2, -0.15) is 0 Å². The van der Waals surface area contributed by atoms with Crippen LogP contribution < -0.4 is 5.32 Å². The van der Waals surface area contributed by atoms with Crippen LogP contribution in [0.15, 0.2) is 0 Å². The number of carbonyl (C=O) groups excluding carboxylic acids is 2. The zero-order valence-electron chi connectivity index (χ0n) is 11.1. The van der Waals surface area contributed by atoms with Crippen LogP contribution in [0.3, 0.4) is 0 Å². The Morgan fingerprint density at radius 1 is 1.31 bits per heavy atom. The van der Waals surface area contributed by atoms with E-state index in [-0.39, 0.29) is 17.8 Å². The van der Waals surface area contributed by atoms with E-state index in [1.807, 2.05) is 33.5 Å². The molecule has 16 heavy (non-hydrogen) atoms. The van der Waals surface area contributed by atoms with Gasteiger partial charge in [0, 0.05) is 6.92 Å². The van der Waals surface area contributed by atoms with Gasteiger partial charge in [0.25, 0.3) is 0 Å². The Kier molecular flexibility index (Phi) is 5.71. The first kappa shape index (κ1) is 15.2. The third-order valence-electron chi connectivity index (χ3n) is 2.23. The first-order chi connectivity index (χ1) is 7.17. The van der Waals surface area contributed by atoms with E-state index in [1.54, 1.807) is 0 Å². The lowest BCUT2D eigenvalue weighted by molar-refractivity contribution is -0.141. The molecule has 1 unspecified atom stereocenters. The summed E-state index contributed by atoms with van der Waals surface area (Å²) in [5.41, 5.74) is 0. The zero-order valence-corrected chi connectivity index (χ0v) is 12.1. The van der Waals surface area contributed by atoms with Crippen molar-refractivity contribution < 1.29 is 14.0 Å². The molecule has 0 saturated carbocycles. The van der Waals surface area contributed by atoms with E-state index in [0.717, 1.165) is 6.42 Å². The van der Waals surface area contributed by atoms with E-state index in [0.29, 0.717) is 0 Å². The quantitative estimate of drug-likeness (QED) is 0.753. The molecule has 0 bridgehead atoms. The normalized spacial score (nSPS) is 15.1. The lowest BCUT2D eigenvalue weighted by Crippen LogP contribution is -2.48. The molecule has 4 nitrogen and oxygen atoms in total. The van der Waals surface area contributed by atoms with Crippen LogP contribution in [0.4, 0.5) is 0 Å². The van der Waals surface area contributed by atoms with Crippen LogP contribution in [0.2, 0.25) is 19.6 Å². The fourth-order valence-corrected chi connectivity index (χ4v) is 1.98. The predicted octanol–water partition coefficient (Wildman–Crippen LogP) is 1.92. The molecular weight excluding hydrogens is 222 g/mol. The van der Waals surface area contributed by atoms with Crippen LogP contribution in [0.25, 0.3) is 0 Å². The van der Waals surface area contributed by atoms with E-state index in [4.69, 9.17) is 4.43 Å². The van der Waals surface area contributed by atoms with Crippen molar-refractivity contribution in [2.24, 2.45) is 5.92 Å². The smallest absolute Gasteiger partial charge is 0.315 e. The highest BCUT2D eigenvalue weighted by Gasteiger charge is 2.30. The summed E-state index contributed by atoms with van der Waals surface area (Å²) in [6.45, 7) is 11.2. The topological polar surface area (TPSA) is 55.4 Å². The maximum absolute atomic E-state index is 11.9. The Balaban J connectivity index is 4.63. The Hall–Kier alpha value is -0.843. The third-order valence-corrected chi connectivity index (χ3v) is 3.05. The van der Waals surface area contributed by atoms with E-state index >= 15 is 0 Å². The predicted molar refractivity (Wildman–Crippen MR) is 66.5 cm³/mol. The molecule has 0 radical (unpaired) electrons. The molecule has 0 aromatic carbocycles. The van der Waals surface area contributed by atoms with Gasteiger partial charge in [-0.15, -0.1) is 0 Å². The van der Waals surface area contributed by atoms with E-state index in [9.17, 15) is 9.59 Å². The second-order valence-corrected chi connectivity index (χ2v) is 9.53. The van der Waals surface area contributed by atoms with E-state index in [1.165, 1.54) is 6.92 Å². The number of hydrogen-bond donors (Lipinski definition) is 1. The molecule has 0 aliphatic rings.